The molecule has 2 rings (SSSR count). The molecule has 2 fully saturated rings. The first-order valence-electron chi connectivity index (χ1n) is 26.2. The van der Waals surface area contributed by atoms with Crippen molar-refractivity contribution in [2.45, 2.75) is 290 Å². The van der Waals surface area contributed by atoms with E-state index in [-0.39, 0.29) is 29.3 Å². The molecule has 2 saturated heterocycles. The molecule has 0 spiro atoms. The molecule has 2 atom stereocenters. The second-order valence-corrected chi connectivity index (χ2v) is 19.5. The number of hydrogen-bond acceptors (Lipinski definition) is 6. The van der Waals surface area contributed by atoms with E-state index in [0.717, 1.165) is 116 Å². The van der Waals surface area contributed by atoms with Crippen LogP contribution in [-0.2, 0) is 19.3 Å². The Hall–Kier alpha value is -1.22. The SMILES string of the molecule is CCCCCCCCON1C(CC)(CC)CCC(C(CCCCCCCC(=O)O)(C(=O)O)C2CCC(CC)(CC)N(OCCCCCCCC)C2(CC)CC)C1(CC)CC. The highest BCUT2D eigenvalue weighted by Gasteiger charge is 2.69. The van der Waals surface area contributed by atoms with E-state index in [1.165, 1.54) is 64.2 Å². The fraction of sp³-hybridized carbons (Fsp3) is 0.962. The summed E-state index contributed by atoms with van der Waals surface area (Å²) in [4.78, 5) is 40.8. The van der Waals surface area contributed by atoms with Gasteiger partial charge in [-0.25, -0.2) is 0 Å². The smallest absolute Gasteiger partial charge is 0.310 e. The van der Waals surface area contributed by atoms with E-state index in [1.54, 1.807) is 0 Å². The van der Waals surface area contributed by atoms with E-state index in [9.17, 15) is 15.0 Å². The van der Waals surface area contributed by atoms with Crippen LogP contribution < -0.4 is 0 Å². The van der Waals surface area contributed by atoms with Crippen LogP contribution in [0.25, 0.3) is 0 Å². The summed E-state index contributed by atoms with van der Waals surface area (Å²) in [5.41, 5.74) is -2.14. The number of aliphatic carboxylic acids is 2. The molecular formula is C52H100N2O6. The van der Waals surface area contributed by atoms with Gasteiger partial charge in [-0.05, 0) is 115 Å². The minimum atomic E-state index is -0.996. The van der Waals surface area contributed by atoms with Gasteiger partial charge in [-0.3, -0.25) is 19.3 Å². The molecule has 0 aromatic heterocycles. The van der Waals surface area contributed by atoms with Gasteiger partial charge in [0.1, 0.15) is 0 Å². The maximum Gasteiger partial charge on any atom is 0.310 e. The largest absolute Gasteiger partial charge is 0.481 e. The molecule has 2 N–H and O–H groups in total. The lowest BCUT2D eigenvalue weighted by Crippen LogP contribution is -2.75. The Balaban J connectivity index is 2.82. The molecule has 0 saturated carbocycles. The third-order valence-electron chi connectivity index (χ3n) is 16.9. The molecule has 8 nitrogen and oxygen atoms in total. The molecule has 2 unspecified atom stereocenters. The third-order valence-corrected chi connectivity index (χ3v) is 16.9. The number of hydrogen-bond donors (Lipinski definition) is 2. The standard InChI is InChI=1S/C52H100N2O6/c1-11-21-23-25-30-34-42-59-53-48(13-3,14-4)40-37-44(50(53,17-7)18-8)52(47(57)58,39-33-29-27-28-32-36-46(55)56)45-38-41-49(15-5,16-6)54(51(45,19-9)20-10)60-43-35-31-26-24-22-12-2/h44-45H,11-43H2,1-10H3,(H,55,56)(H,57,58). The number of carboxylic acids is 2. The van der Waals surface area contributed by atoms with Crippen LogP contribution in [0.5, 0.6) is 0 Å². The predicted octanol–water partition coefficient (Wildman–Crippen LogP) is 15.1. The fourth-order valence-electron chi connectivity index (χ4n) is 12.9. The number of piperidine rings is 2. The van der Waals surface area contributed by atoms with Crippen molar-refractivity contribution in [2.24, 2.45) is 17.3 Å². The number of carbonyl (C=O) groups is 2. The molecule has 0 aromatic rings. The minimum Gasteiger partial charge on any atom is -0.481 e. The lowest BCUT2D eigenvalue weighted by Gasteiger charge is -2.68. The molecule has 354 valence electrons. The van der Waals surface area contributed by atoms with Gasteiger partial charge in [0.25, 0.3) is 0 Å². The summed E-state index contributed by atoms with van der Waals surface area (Å²) >= 11 is 0. The first-order chi connectivity index (χ1) is 28.9. The molecule has 2 aliphatic heterocycles. The van der Waals surface area contributed by atoms with Gasteiger partial charge in [0.05, 0.1) is 29.7 Å². The minimum absolute atomic E-state index is 0.0982. The monoisotopic (exact) mass is 849 g/mol. The van der Waals surface area contributed by atoms with Gasteiger partial charge in [0.15, 0.2) is 0 Å². The maximum atomic E-state index is 15.1. The average Bonchev–Trinajstić information content (AvgIpc) is 3.26. The second-order valence-electron chi connectivity index (χ2n) is 19.5. The van der Waals surface area contributed by atoms with Crippen molar-refractivity contribution in [3.63, 3.8) is 0 Å². The van der Waals surface area contributed by atoms with Crippen molar-refractivity contribution in [3.05, 3.63) is 0 Å². The molecular weight excluding hydrogens is 749 g/mol. The lowest BCUT2D eigenvalue weighted by molar-refractivity contribution is -0.347. The number of rotatable bonds is 35. The normalized spacial score (nSPS) is 22.4. The van der Waals surface area contributed by atoms with Gasteiger partial charge in [0.2, 0.25) is 0 Å². The van der Waals surface area contributed by atoms with Gasteiger partial charge < -0.3 is 10.2 Å². The molecule has 0 amide bonds. The van der Waals surface area contributed by atoms with Crippen molar-refractivity contribution in [1.29, 1.82) is 0 Å². The van der Waals surface area contributed by atoms with Crippen molar-refractivity contribution in [2.75, 3.05) is 13.2 Å². The zero-order valence-corrected chi connectivity index (χ0v) is 41.4. The highest BCUT2D eigenvalue weighted by atomic mass is 16.7. The summed E-state index contributed by atoms with van der Waals surface area (Å²) in [5, 5.41) is 26.6. The first kappa shape index (κ1) is 54.9. The van der Waals surface area contributed by atoms with Gasteiger partial charge in [0, 0.05) is 17.5 Å². The van der Waals surface area contributed by atoms with Gasteiger partial charge in [-0.15, -0.1) is 0 Å². The summed E-state index contributed by atoms with van der Waals surface area (Å²) in [6.07, 6.45) is 30.5. The van der Waals surface area contributed by atoms with Crippen LogP contribution in [0.1, 0.15) is 268 Å². The Bertz CT molecular complexity index is 1090. The maximum absolute atomic E-state index is 15.1. The van der Waals surface area contributed by atoms with E-state index in [4.69, 9.17) is 9.68 Å². The zero-order chi connectivity index (χ0) is 44.7. The summed E-state index contributed by atoms with van der Waals surface area (Å²) in [5.74, 6) is -1.55. The summed E-state index contributed by atoms with van der Waals surface area (Å²) in [7, 11) is 0. The highest BCUT2D eigenvalue weighted by molar-refractivity contribution is 5.76. The van der Waals surface area contributed by atoms with E-state index >= 15 is 4.79 Å². The molecule has 2 aliphatic rings. The van der Waals surface area contributed by atoms with Gasteiger partial charge in [-0.2, -0.15) is 10.1 Å². The Morgan fingerprint density at radius 3 is 1.18 bits per heavy atom. The molecule has 8 heteroatoms. The van der Waals surface area contributed by atoms with Crippen LogP contribution in [0.4, 0.5) is 0 Å². The topological polar surface area (TPSA) is 99.5 Å². The molecule has 2 heterocycles. The molecule has 0 aromatic carbocycles. The predicted molar refractivity (Wildman–Crippen MR) is 251 cm³/mol. The molecule has 0 aliphatic carbocycles. The van der Waals surface area contributed by atoms with Gasteiger partial charge >= 0.3 is 11.9 Å². The summed E-state index contributed by atoms with van der Waals surface area (Å²) < 4.78 is 0. The molecule has 0 bridgehead atoms. The van der Waals surface area contributed by atoms with Crippen LogP contribution in [0.15, 0.2) is 0 Å². The fourth-order valence-corrected chi connectivity index (χ4v) is 12.9. The van der Waals surface area contributed by atoms with Crippen LogP contribution in [0, 0.1) is 17.3 Å². The third kappa shape index (κ3) is 12.7. The number of unbranched alkanes of at least 4 members (excludes halogenated alkanes) is 14. The summed E-state index contributed by atoms with van der Waals surface area (Å²) in [6.45, 7) is 24.5. The number of nitrogens with zero attached hydrogens (tertiary/aromatic N) is 2. The number of carboxylic acid groups (broad SMARTS) is 2. The van der Waals surface area contributed by atoms with E-state index in [0.29, 0.717) is 26.1 Å². The molecule has 0 radical (unpaired) electrons. The highest BCUT2D eigenvalue weighted by Crippen LogP contribution is 2.64. The van der Waals surface area contributed by atoms with Crippen molar-refractivity contribution in [1.82, 2.24) is 10.1 Å². The van der Waals surface area contributed by atoms with E-state index < -0.39 is 28.4 Å². The van der Waals surface area contributed by atoms with Crippen LogP contribution in [-0.4, -0.2) is 67.6 Å². The van der Waals surface area contributed by atoms with Gasteiger partial charge in [-0.1, -0.05) is 159 Å². The Morgan fingerprint density at radius 1 is 0.500 bits per heavy atom. The second kappa shape index (κ2) is 27.9. The van der Waals surface area contributed by atoms with Crippen LogP contribution in [0.2, 0.25) is 0 Å². The quantitative estimate of drug-likeness (QED) is 0.0608. The Kier molecular flexibility index (Phi) is 25.5. The number of hydroxylamine groups is 4. The van der Waals surface area contributed by atoms with E-state index in [2.05, 4.69) is 79.4 Å². The molecule has 60 heavy (non-hydrogen) atoms. The lowest BCUT2D eigenvalue weighted by atomic mass is 9.47. The van der Waals surface area contributed by atoms with E-state index in [1.807, 2.05) is 0 Å². The zero-order valence-electron chi connectivity index (χ0n) is 41.4. The van der Waals surface area contributed by atoms with Crippen LogP contribution >= 0.6 is 0 Å². The Morgan fingerprint density at radius 2 is 0.850 bits per heavy atom. The average molecular weight is 849 g/mol. The van der Waals surface area contributed by atoms with Crippen molar-refractivity contribution in [3.8, 4) is 0 Å². The Labute approximate surface area is 371 Å². The first-order valence-corrected chi connectivity index (χ1v) is 26.2. The van der Waals surface area contributed by atoms with Crippen molar-refractivity contribution < 1.29 is 29.5 Å². The summed E-state index contributed by atoms with van der Waals surface area (Å²) in [6, 6.07) is 0. The van der Waals surface area contributed by atoms with Crippen molar-refractivity contribution >= 4 is 11.9 Å². The van der Waals surface area contributed by atoms with Crippen LogP contribution in [0.3, 0.4) is 0 Å².